The smallest absolute Gasteiger partial charge is 0.226 e. The molecule has 0 aliphatic heterocycles. The van der Waals surface area contributed by atoms with Crippen molar-refractivity contribution in [2.24, 2.45) is 17.4 Å². The molecule has 0 heterocycles. The van der Waals surface area contributed by atoms with Crippen LogP contribution in [0, 0.1) is 5.92 Å². The number of primary amides is 1. The van der Waals surface area contributed by atoms with Crippen LogP contribution in [0.15, 0.2) is 12.2 Å². The van der Waals surface area contributed by atoms with E-state index in [0.29, 0.717) is 19.4 Å². The van der Waals surface area contributed by atoms with E-state index in [1.165, 1.54) is 0 Å². The van der Waals surface area contributed by atoms with Crippen LogP contribution >= 0.6 is 0 Å². The van der Waals surface area contributed by atoms with Crippen molar-refractivity contribution >= 4 is 11.8 Å². The molecule has 0 aromatic heterocycles. The Balaban J connectivity index is 2.07. The fourth-order valence-corrected chi connectivity index (χ4v) is 1.69. The maximum absolute atomic E-state index is 11.6. The van der Waals surface area contributed by atoms with Gasteiger partial charge in [-0.1, -0.05) is 12.2 Å². The van der Waals surface area contributed by atoms with Gasteiger partial charge in [0.1, 0.15) is 0 Å². The number of unbranched alkanes of at least 4 members (excludes halogenated alkanes) is 1. The molecule has 0 aromatic rings. The van der Waals surface area contributed by atoms with Crippen LogP contribution in [-0.4, -0.2) is 24.4 Å². The highest BCUT2D eigenvalue weighted by molar-refractivity contribution is 5.81. The minimum Gasteiger partial charge on any atom is -0.370 e. The van der Waals surface area contributed by atoms with Crippen molar-refractivity contribution in [1.82, 2.24) is 5.32 Å². The van der Waals surface area contributed by atoms with Crippen molar-refractivity contribution in [3.05, 3.63) is 12.2 Å². The Bertz CT molecular complexity index is 289. The highest BCUT2D eigenvalue weighted by Gasteiger charge is 2.21. The lowest BCUT2D eigenvalue weighted by molar-refractivity contribution is -0.123. The SMILES string of the molecule is NC(=O)CCCCNC(=O)C1C=CC(N)C1. The van der Waals surface area contributed by atoms with Gasteiger partial charge in [-0.25, -0.2) is 0 Å². The Morgan fingerprint density at radius 2 is 2.06 bits per heavy atom. The van der Waals surface area contributed by atoms with Crippen molar-refractivity contribution < 1.29 is 9.59 Å². The monoisotopic (exact) mass is 225 g/mol. The van der Waals surface area contributed by atoms with E-state index in [9.17, 15) is 9.59 Å². The van der Waals surface area contributed by atoms with Gasteiger partial charge in [-0.15, -0.1) is 0 Å². The molecule has 5 N–H and O–H groups in total. The van der Waals surface area contributed by atoms with Gasteiger partial charge in [0.25, 0.3) is 0 Å². The summed E-state index contributed by atoms with van der Waals surface area (Å²) in [7, 11) is 0. The first-order valence-electron chi connectivity index (χ1n) is 5.59. The number of amides is 2. The quantitative estimate of drug-likeness (QED) is 0.426. The first kappa shape index (κ1) is 12.7. The van der Waals surface area contributed by atoms with Gasteiger partial charge in [0.2, 0.25) is 11.8 Å². The third-order valence-corrected chi connectivity index (χ3v) is 2.60. The summed E-state index contributed by atoms with van der Waals surface area (Å²) in [6, 6.07) is 0.00520. The molecule has 0 bridgehead atoms. The zero-order valence-electron chi connectivity index (χ0n) is 9.32. The van der Waals surface area contributed by atoms with E-state index in [-0.39, 0.29) is 23.8 Å². The first-order valence-corrected chi connectivity index (χ1v) is 5.59. The second-order valence-corrected chi connectivity index (χ2v) is 4.11. The zero-order chi connectivity index (χ0) is 12.0. The van der Waals surface area contributed by atoms with E-state index in [4.69, 9.17) is 11.5 Å². The molecule has 5 heteroatoms. The van der Waals surface area contributed by atoms with Gasteiger partial charge in [-0.2, -0.15) is 0 Å². The molecule has 90 valence electrons. The van der Waals surface area contributed by atoms with Crippen molar-refractivity contribution in [2.75, 3.05) is 6.54 Å². The van der Waals surface area contributed by atoms with Crippen LogP contribution < -0.4 is 16.8 Å². The lowest BCUT2D eigenvalue weighted by Crippen LogP contribution is -2.31. The molecule has 2 atom stereocenters. The second-order valence-electron chi connectivity index (χ2n) is 4.11. The van der Waals surface area contributed by atoms with Gasteiger partial charge < -0.3 is 16.8 Å². The Labute approximate surface area is 95.2 Å². The van der Waals surface area contributed by atoms with E-state index in [0.717, 1.165) is 12.8 Å². The molecule has 1 rings (SSSR count). The van der Waals surface area contributed by atoms with Gasteiger partial charge >= 0.3 is 0 Å². The van der Waals surface area contributed by atoms with Gasteiger partial charge in [-0.05, 0) is 19.3 Å². The lowest BCUT2D eigenvalue weighted by atomic mass is 10.1. The van der Waals surface area contributed by atoms with E-state index < -0.39 is 0 Å². The molecule has 0 fully saturated rings. The molecular weight excluding hydrogens is 206 g/mol. The number of nitrogens with one attached hydrogen (secondary N) is 1. The maximum Gasteiger partial charge on any atom is 0.226 e. The maximum atomic E-state index is 11.6. The van der Waals surface area contributed by atoms with Gasteiger partial charge in [-0.3, -0.25) is 9.59 Å². The standard InChI is InChI=1S/C11H19N3O2/c12-9-5-4-8(7-9)11(16)14-6-2-1-3-10(13)15/h4-5,8-9H,1-3,6-7,12H2,(H2,13,15)(H,14,16). The van der Waals surface area contributed by atoms with E-state index in [1.54, 1.807) is 0 Å². The van der Waals surface area contributed by atoms with Crippen molar-refractivity contribution in [1.29, 1.82) is 0 Å². The summed E-state index contributed by atoms with van der Waals surface area (Å²) in [4.78, 5) is 22.0. The normalized spacial score (nSPS) is 23.3. The highest BCUT2D eigenvalue weighted by Crippen LogP contribution is 2.16. The average Bonchev–Trinajstić information content (AvgIpc) is 2.63. The summed E-state index contributed by atoms with van der Waals surface area (Å²) in [5, 5.41) is 2.82. The number of hydrogen-bond donors (Lipinski definition) is 3. The van der Waals surface area contributed by atoms with Crippen molar-refractivity contribution in [2.45, 2.75) is 31.7 Å². The molecule has 5 nitrogen and oxygen atoms in total. The molecule has 1 aliphatic rings. The van der Waals surface area contributed by atoms with E-state index in [1.807, 2.05) is 12.2 Å². The number of carbonyl (C=O) groups is 2. The molecule has 0 radical (unpaired) electrons. The predicted octanol–water partition coefficient (Wildman–Crippen LogP) is -0.338. The second kappa shape index (κ2) is 6.27. The lowest BCUT2D eigenvalue weighted by Gasteiger charge is -2.09. The number of hydrogen-bond acceptors (Lipinski definition) is 3. The Hall–Kier alpha value is -1.36. The minimum atomic E-state index is -0.295. The Morgan fingerprint density at radius 1 is 1.31 bits per heavy atom. The van der Waals surface area contributed by atoms with Crippen LogP contribution in [0.5, 0.6) is 0 Å². The van der Waals surface area contributed by atoms with Crippen LogP contribution in [0.4, 0.5) is 0 Å². The van der Waals surface area contributed by atoms with Gasteiger partial charge in [0.15, 0.2) is 0 Å². The minimum absolute atomic E-state index is 0.00520. The molecule has 2 unspecified atom stereocenters. The third kappa shape index (κ3) is 4.44. The summed E-state index contributed by atoms with van der Waals surface area (Å²) in [6.07, 6.45) is 6.27. The topological polar surface area (TPSA) is 98.2 Å². The molecule has 0 saturated carbocycles. The fraction of sp³-hybridized carbons (Fsp3) is 0.636. The van der Waals surface area contributed by atoms with E-state index >= 15 is 0 Å². The van der Waals surface area contributed by atoms with Crippen LogP contribution in [0.25, 0.3) is 0 Å². The predicted molar refractivity (Wildman–Crippen MR) is 61.3 cm³/mol. The summed E-state index contributed by atoms with van der Waals surface area (Å²) in [5.74, 6) is -0.370. The summed E-state index contributed by atoms with van der Waals surface area (Å²) in [5.41, 5.74) is 10.7. The average molecular weight is 225 g/mol. The largest absolute Gasteiger partial charge is 0.370 e. The van der Waals surface area contributed by atoms with Crippen LogP contribution in [0.1, 0.15) is 25.7 Å². The number of nitrogens with two attached hydrogens (primary N) is 2. The van der Waals surface area contributed by atoms with Crippen molar-refractivity contribution in [3.8, 4) is 0 Å². The summed E-state index contributed by atoms with van der Waals surface area (Å²) >= 11 is 0. The van der Waals surface area contributed by atoms with Crippen LogP contribution in [0.2, 0.25) is 0 Å². The van der Waals surface area contributed by atoms with Crippen molar-refractivity contribution in [3.63, 3.8) is 0 Å². The molecular formula is C11H19N3O2. The van der Waals surface area contributed by atoms with Crippen LogP contribution in [-0.2, 0) is 9.59 Å². The molecule has 16 heavy (non-hydrogen) atoms. The number of carbonyl (C=O) groups excluding carboxylic acids is 2. The third-order valence-electron chi connectivity index (χ3n) is 2.60. The molecule has 0 saturated heterocycles. The molecule has 1 aliphatic carbocycles. The Morgan fingerprint density at radius 3 is 2.62 bits per heavy atom. The summed E-state index contributed by atoms with van der Waals surface area (Å²) < 4.78 is 0. The van der Waals surface area contributed by atoms with Crippen LogP contribution in [0.3, 0.4) is 0 Å². The highest BCUT2D eigenvalue weighted by atomic mass is 16.2. The zero-order valence-corrected chi connectivity index (χ0v) is 9.32. The first-order chi connectivity index (χ1) is 7.59. The Kier molecular flexibility index (Phi) is 4.98. The van der Waals surface area contributed by atoms with E-state index in [2.05, 4.69) is 5.32 Å². The van der Waals surface area contributed by atoms with Gasteiger partial charge in [0, 0.05) is 19.0 Å². The molecule has 0 spiro atoms. The summed E-state index contributed by atoms with van der Waals surface area (Å²) in [6.45, 7) is 0.589. The number of rotatable bonds is 6. The molecule has 0 aromatic carbocycles. The fourth-order valence-electron chi connectivity index (χ4n) is 1.69. The molecule has 2 amide bonds. The van der Waals surface area contributed by atoms with Gasteiger partial charge in [0.05, 0.1) is 5.92 Å².